The summed E-state index contributed by atoms with van der Waals surface area (Å²) in [6, 6.07) is 9.56. The molecule has 1 aliphatic rings. The second kappa shape index (κ2) is 10.5. The highest BCUT2D eigenvalue weighted by atomic mass is 35.5. The van der Waals surface area contributed by atoms with E-state index >= 15 is 0 Å². The van der Waals surface area contributed by atoms with Gasteiger partial charge in [0.15, 0.2) is 0 Å². The predicted molar refractivity (Wildman–Crippen MR) is 119 cm³/mol. The topological polar surface area (TPSA) is 114 Å². The van der Waals surface area contributed by atoms with E-state index in [-0.39, 0.29) is 29.9 Å². The molecule has 2 aromatic carbocycles. The quantitative estimate of drug-likeness (QED) is 0.411. The van der Waals surface area contributed by atoms with Crippen LogP contribution in [0.15, 0.2) is 36.4 Å². The van der Waals surface area contributed by atoms with Gasteiger partial charge in [0.1, 0.15) is 5.75 Å². The second-order valence-corrected chi connectivity index (χ2v) is 7.92. The molecule has 0 unspecified atom stereocenters. The first-order chi connectivity index (χ1) is 14.9. The molecular weight excluding hydrogens is 422 g/mol. The highest BCUT2D eigenvalue weighted by molar-refractivity contribution is 6.32. The van der Waals surface area contributed by atoms with Gasteiger partial charge in [-0.1, -0.05) is 17.7 Å². The summed E-state index contributed by atoms with van der Waals surface area (Å²) in [6.07, 6.45) is 2.61. The van der Waals surface area contributed by atoms with Crippen LogP contribution in [-0.4, -0.2) is 34.7 Å². The summed E-state index contributed by atoms with van der Waals surface area (Å²) in [5, 5.41) is 27.5. The molecule has 0 bridgehead atoms. The monoisotopic (exact) mass is 447 g/mol. The molecule has 0 aromatic heterocycles. The zero-order chi connectivity index (χ0) is 22.4. The minimum atomic E-state index is -0.523. The zero-order valence-electron chi connectivity index (χ0n) is 17.3. The summed E-state index contributed by atoms with van der Waals surface area (Å²) < 4.78 is 5.47. The molecule has 1 aliphatic carbocycles. The zero-order valence-corrected chi connectivity index (χ0v) is 18.0. The largest absolute Gasteiger partial charge is 0.492 e. The molecular formula is C22H26ClN3O5. The highest BCUT2D eigenvalue weighted by Gasteiger charge is 2.22. The molecule has 166 valence electrons. The van der Waals surface area contributed by atoms with E-state index in [1.54, 1.807) is 24.3 Å². The third-order valence-electron chi connectivity index (χ3n) is 5.26. The Kier molecular flexibility index (Phi) is 7.70. The van der Waals surface area contributed by atoms with Crippen LogP contribution >= 0.6 is 11.6 Å². The lowest BCUT2D eigenvalue weighted by molar-refractivity contribution is -0.384. The SMILES string of the molecule is CCOc1cc(CNC(=O)c2cc([N+](=O)[O-])ccc2NC2CCC(O)CC2)ccc1Cl. The number of ether oxygens (including phenoxy) is 1. The van der Waals surface area contributed by atoms with E-state index in [4.69, 9.17) is 16.3 Å². The Balaban J connectivity index is 1.75. The number of carbonyl (C=O) groups excluding carboxylic acids is 1. The number of nitro groups is 1. The molecule has 9 heteroatoms. The van der Waals surface area contributed by atoms with Gasteiger partial charge in [-0.25, -0.2) is 0 Å². The van der Waals surface area contributed by atoms with Crippen LogP contribution in [0.1, 0.15) is 48.5 Å². The molecule has 0 atom stereocenters. The predicted octanol–water partition coefficient (Wildman–Crippen LogP) is 4.29. The molecule has 1 saturated carbocycles. The van der Waals surface area contributed by atoms with Crippen molar-refractivity contribution in [1.82, 2.24) is 5.32 Å². The van der Waals surface area contributed by atoms with E-state index in [0.717, 1.165) is 18.4 Å². The minimum Gasteiger partial charge on any atom is -0.492 e. The summed E-state index contributed by atoms with van der Waals surface area (Å²) in [5.41, 5.74) is 1.39. The number of aliphatic hydroxyl groups excluding tert-OH is 1. The number of benzene rings is 2. The standard InChI is InChI=1S/C22H26ClN3O5/c1-2-31-21-11-14(3-9-19(21)23)13-24-22(28)18-12-16(26(29)30)6-10-20(18)25-15-4-7-17(27)8-5-15/h3,6,9-12,15,17,25,27H,2,4-5,7-8,13H2,1H3,(H,24,28). The van der Waals surface area contributed by atoms with Gasteiger partial charge < -0.3 is 20.5 Å². The summed E-state index contributed by atoms with van der Waals surface area (Å²) in [7, 11) is 0. The van der Waals surface area contributed by atoms with E-state index < -0.39 is 10.8 Å². The number of nitrogens with zero attached hydrogens (tertiary/aromatic N) is 1. The van der Waals surface area contributed by atoms with Crippen LogP contribution in [0.2, 0.25) is 5.02 Å². The maximum atomic E-state index is 12.9. The fourth-order valence-corrected chi connectivity index (χ4v) is 3.77. The number of hydrogen-bond donors (Lipinski definition) is 3. The molecule has 31 heavy (non-hydrogen) atoms. The average molecular weight is 448 g/mol. The molecule has 3 rings (SSSR count). The second-order valence-electron chi connectivity index (χ2n) is 7.52. The summed E-state index contributed by atoms with van der Waals surface area (Å²) in [6.45, 7) is 2.54. The lowest BCUT2D eigenvalue weighted by Gasteiger charge is -2.27. The van der Waals surface area contributed by atoms with Gasteiger partial charge >= 0.3 is 0 Å². The van der Waals surface area contributed by atoms with Gasteiger partial charge in [-0.15, -0.1) is 0 Å². The van der Waals surface area contributed by atoms with Gasteiger partial charge in [0, 0.05) is 30.4 Å². The molecule has 0 heterocycles. The molecule has 8 nitrogen and oxygen atoms in total. The number of aliphatic hydroxyl groups is 1. The highest BCUT2D eigenvalue weighted by Crippen LogP contribution is 2.28. The van der Waals surface area contributed by atoms with Crippen LogP contribution in [0.25, 0.3) is 0 Å². The Morgan fingerprint density at radius 1 is 1.23 bits per heavy atom. The van der Waals surface area contributed by atoms with Crippen LogP contribution in [0.5, 0.6) is 5.75 Å². The van der Waals surface area contributed by atoms with Gasteiger partial charge in [-0.3, -0.25) is 14.9 Å². The molecule has 0 spiro atoms. The summed E-state index contributed by atoms with van der Waals surface area (Å²) >= 11 is 6.10. The minimum absolute atomic E-state index is 0.0985. The van der Waals surface area contributed by atoms with Crippen molar-refractivity contribution < 1.29 is 19.6 Å². The average Bonchev–Trinajstić information content (AvgIpc) is 2.76. The molecule has 1 amide bonds. The van der Waals surface area contributed by atoms with Crippen molar-refractivity contribution in [2.75, 3.05) is 11.9 Å². The van der Waals surface area contributed by atoms with Crippen LogP contribution in [0, 0.1) is 10.1 Å². The van der Waals surface area contributed by atoms with Crippen LogP contribution in [0.3, 0.4) is 0 Å². The number of non-ortho nitro benzene ring substituents is 1. The first-order valence-electron chi connectivity index (χ1n) is 10.3. The molecule has 3 N–H and O–H groups in total. The van der Waals surface area contributed by atoms with Crippen molar-refractivity contribution in [2.24, 2.45) is 0 Å². The van der Waals surface area contributed by atoms with Gasteiger partial charge in [-0.2, -0.15) is 0 Å². The number of rotatable bonds is 8. The van der Waals surface area contributed by atoms with E-state index in [9.17, 15) is 20.0 Å². The third kappa shape index (κ3) is 6.08. The van der Waals surface area contributed by atoms with Crippen LogP contribution < -0.4 is 15.4 Å². The van der Waals surface area contributed by atoms with Gasteiger partial charge in [0.2, 0.25) is 0 Å². The first kappa shape index (κ1) is 22.8. The number of carbonyl (C=O) groups is 1. The smallest absolute Gasteiger partial charge is 0.270 e. The first-order valence-corrected chi connectivity index (χ1v) is 10.7. The van der Waals surface area contributed by atoms with Crippen molar-refractivity contribution in [1.29, 1.82) is 0 Å². The van der Waals surface area contributed by atoms with E-state index in [1.807, 2.05) is 6.92 Å². The molecule has 2 aromatic rings. The lowest BCUT2D eigenvalue weighted by atomic mass is 9.92. The number of amides is 1. The van der Waals surface area contributed by atoms with Crippen LogP contribution in [0.4, 0.5) is 11.4 Å². The van der Waals surface area contributed by atoms with E-state index in [1.165, 1.54) is 12.1 Å². The maximum Gasteiger partial charge on any atom is 0.270 e. The maximum absolute atomic E-state index is 12.9. The summed E-state index contributed by atoms with van der Waals surface area (Å²) in [4.78, 5) is 23.6. The fraction of sp³-hybridized carbons (Fsp3) is 0.409. The Morgan fingerprint density at radius 3 is 2.65 bits per heavy atom. The Labute approximate surface area is 185 Å². The Morgan fingerprint density at radius 2 is 1.97 bits per heavy atom. The van der Waals surface area contributed by atoms with Crippen molar-refractivity contribution in [3.05, 3.63) is 62.7 Å². The molecule has 0 saturated heterocycles. The normalized spacial score (nSPS) is 18.3. The van der Waals surface area contributed by atoms with Crippen molar-refractivity contribution in [3.63, 3.8) is 0 Å². The van der Waals surface area contributed by atoms with Crippen LogP contribution in [-0.2, 0) is 6.54 Å². The van der Waals surface area contributed by atoms with Gasteiger partial charge in [-0.05, 0) is 56.4 Å². The Hall–Kier alpha value is -2.84. The van der Waals surface area contributed by atoms with E-state index in [0.29, 0.717) is 35.9 Å². The number of nitrogens with one attached hydrogen (secondary N) is 2. The fourth-order valence-electron chi connectivity index (χ4n) is 3.60. The molecule has 0 aliphatic heterocycles. The number of nitro benzene ring substituents is 1. The van der Waals surface area contributed by atoms with Crippen molar-refractivity contribution in [2.45, 2.75) is 51.3 Å². The van der Waals surface area contributed by atoms with Crippen molar-refractivity contribution >= 4 is 28.9 Å². The third-order valence-corrected chi connectivity index (χ3v) is 5.58. The van der Waals surface area contributed by atoms with Gasteiger partial charge in [0.05, 0.1) is 28.2 Å². The number of halogens is 1. The Bertz CT molecular complexity index is 945. The number of hydrogen-bond acceptors (Lipinski definition) is 6. The number of anilines is 1. The van der Waals surface area contributed by atoms with E-state index in [2.05, 4.69) is 10.6 Å². The molecule has 1 fully saturated rings. The molecule has 0 radical (unpaired) electrons. The summed E-state index contributed by atoms with van der Waals surface area (Å²) in [5.74, 6) is 0.114. The van der Waals surface area contributed by atoms with Gasteiger partial charge in [0.25, 0.3) is 11.6 Å². The lowest BCUT2D eigenvalue weighted by Crippen LogP contribution is -2.30. The van der Waals surface area contributed by atoms with Crippen molar-refractivity contribution in [3.8, 4) is 5.75 Å².